The number of likely N-dealkylation sites (N-methyl/N-ethyl adjacent to an activating group) is 1. The summed E-state index contributed by atoms with van der Waals surface area (Å²) < 4.78 is 16.4. The monoisotopic (exact) mass is 413 g/mol. The highest BCUT2D eigenvalue weighted by molar-refractivity contribution is 5.95. The van der Waals surface area contributed by atoms with Gasteiger partial charge in [-0.15, -0.1) is 0 Å². The summed E-state index contributed by atoms with van der Waals surface area (Å²) in [7, 11) is 1.92. The summed E-state index contributed by atoms with van der Waals surface area (Å²) in [5.41, 5.74) is 0.851. The van der Waals surface area contributed by atoms with Crippen molar-refractivity contribution in [2.75, 3.05) is 33.4 Å². The fraction of sp³-hybridized carbons (Fsp3) is 0.364. The number of hydrogen-bond acceptors (Lipinski definition) is 6. The summed E-state index contributed by atoms with van der Waals surface area (Å²) in [6.45, 7) is 3.65. The van der Waals surface area contributed by atoms with Crippen LogP contribution in [0.2, 0.25) is 0 Å². The standard InChI is InChI=1S/C22H27N3O5/c1-3-28-21(26)19-17(23-22(27)24-20(19)18-11-7-13-30-18)15-25(2)12-8-14-29-16-9-5-4-6-10-16/h4-7,9-11,13,20H,3,8,12,14-15H2,1-2H3,(H2,23,24,27). The van der Waals surface area contributed by atoms with E-state index in [1.54, 1.807) is 19.1 Å². The van der Waals surface area contributed by atoms with Crippen molar-refractivity contribution in [3.63, 3.8) is 0 Å². The maximum Gasteiger partial charge on any atom is 0.338 e. The number of ether oxygens (including phenoxy) is 2. The molecule has 1 aromatic heterocycles. The minimum atomic E-state index is -0.697. The van der Waals surface area contributed by atoms with Gasteiger partial charge in [0.05, 0.1) is 25.1 Å². The van der Waals surface area contributed by atoms with Crippen LogP contribution in [-0.4, -0.2) is 50.3 Å². The smallest absolute Gasteiger partial charge is 0.338 e. The number of urea groups is 1. The number of carbonyl (C=O) groups is 2. The van der Waals surface area contributed by atoms with E-state index in [2.05, 4.69) is 10.6 Å². The van der Waals surface area contributed by atoms with E-state index in [0.29, 0.717) is 30.2 Å². The first kappa shape index (κ1) is 21.4. The number of rotatable bonds is 10. The van der Waals surface area contributed by atoms with Crippen LogP contribution in [0.25, 0.3) is 0 Å². The Bertz CT molecular complexity index is 864. The number of esters is 1. The third-order valence-corrected chi connectivity index (χ3v) is 4.60. The van der Waals surface area contributed by atoms with Crippen molar-refractivity contribution >= 4 is 12.0 Å². The van der Waals surface area contributed by atoms with E-state index in [1.807, 2.05) is 42.3 Å². The second-order valence-electron chi connectivity index (χ2n) is 6.91. The maximum atomic E-state index is 12.7. The van der Waals surface area contributed by atoms with Crippen LogP contribution in [0.4, 0.5) is 4.79 Å². The summed E-state index contributed by atoms with van der Waals surface area (Å²) in [6.07, 6.45) is 2.30. The molecule has 0 aliphatic carbocycles. The molecular weight excluding hydrogens is 386 g/mol. The minimum absolute atomic E-state index is 0.237. The van der Waals surface area contributed by atoms with Gasteiger partial charge in [0.2, 0.25) is 0 Å². The lowest BCUT2D eigenvalue weighted by atomic mass is 10.00. The quantitative estimate of drug-likeness (QED) is 0.460. The van der Waals surface area contributed by atoms with Gasteiger partial charge >= 0.3 is 12.0 Å². The summed E-state index contributed by atoms with van der Waals surface area (Å²) in [4.78, 5) is 26.9. The van der Waals surface area contributed by atoms with E-state index < -0.39 is 12.0 Å². The Kier molecular flexibility index (Phi) is 7.51. The highest BCUT2D eigenvalue weighted by atomic mass is 16.5. The number of carbonyl (C=O) groups excluding carboxylic acids is 2. The Morgan fingerprint density at radius 3 is 2.70 bits per heavy atom. The molecule has 1 aliphatic heterocycles. The molecule has 160 valence electrons. The maximum absolute atomic E-state index is 12.7. The van der Waals surface area contributed by atoms with Crippen LogP contribution in [0.5, 0.6) is 5.75 Å². The molecule has 1 aliphatic rings. The van der Waals surface area contributed by atoms with Crippen molar-refractivity contribution in [2.45, 2.75) is 19.4 Å². The van der Waals surface area contributed by atoms with Crippen molar-refractivity contribution in [1.82, 2.24) is 15.5 Å². The molecule has 1 atom stereocenters. The van der Waals surface area contributed by atoms with E-state index in [0.717, 1.165) is 18.7 Å². The van der Waals surface area contributed by atoms with Crippen molar-refractivity contribution in [3.05, 3.63) is 65.8 Å². The van der Waals surface area contributed by atoms with Gasteiger partial charge < -0.3 is 29.4 Å². The van der Waals surface area contributed by atoms with Crippen LogP contribution in [-0.2, 0) is 9.53 Å². The van der Waals surface area contributed by atoms with Gasteiger partial charge in [-0.05, 0) is 44.7 Å². The molecule has 8 nitrogen and oxygen atoms in total. The molecule has 0 spiro atoms. The largest absolute Gasteiger partial charge is 0.494 e. The molecule has 0 fully saturated rings. The second kappa shape index (κ2) is 10.5. The molecule has 0 saturated heterocycles. The topological polar surface area (TPSA) is 93.0 Å². The van der Waals surface area contributed by atoms with Crippen LogP contribution >= 0.6 is 0 Å². The average Bonchev–Trinajstić information content (AvgIpc) is 3.26. The molecule has 3 rings (SSSR count). The molecule has 0 saturated carbocycles. The zero-order valence-electron chi connectivity index (χ0n) is 17.2. The second-order valence-corrected chi connectivity index (χ2v) is 6.91. The van der Waals surface area contributed by atoms with Crippen LogP contribution in [0.3, 0.4) is 0 Å². The Balaban J connectivity index is 1.66. The van der Waals surface area contributed by atoms with Gasteiger partial charge in [-0.25, -0.2) is 9.59 Å². The molecule has 2 N–H and O–H groups in total. The number of furan rings is 1. The van der Waals surface area contributed by atoms with Gasteiger partial charge in [0.25, 0.3) is 0 Å². The van der Waals surface area contributed by atoms with E-state index >= 15 is 0 Å². The number of amides is 2. The summed E-state index contributed by atoms with van der Waals surface area (Å²) in [6, 6.07) is 12.0. The summed E-state index contributed by atoms with van der Waals surface area (Å²) >= 11 is 0. The van der Waals surface area contributed by atoms with Crippen LogP contribution < -0.4 is 15.4 Å². The predicted octanol–water partition coefficient (Wildman–Crippen LogP) is 2.85. The highest BCUT2D eigenvalue weighted by Crippen LogP contribution is 2.28. The summed E-state index contributed by atoms with van der Waals surface area (Å²) in [5, 5.41) is 5.50. The fourth-order valence-corrected chi connectivity index (χ4v) is 3.25. The third-order valence-electron chi connectivity index (χ3n) is 4.60. The van der Waals surface area contributed by atoms with E-state index in [1.165, 1.54) is 6.26 Å². The lowest BCUT2D eigenvalue weighted by molar-refractivity contribution is -0.139. The highest BCUT2D eigenvalue weighted by Gasteiger charge is 2.35. The third kappa shape index (κ3) is 5.64. The van der Waals surface area contributed by atoms with Gasteiger partial charge in [-0.2, -0.15) is 0 Å². The molecule has 0 radical (unpaired) electrons. The Labute approximate surface area is 175 Å². The molecule has 8 heteroatoms. The number of benzene rings is 1. The molecule has 2 amide bonds. The SMILES string of the molecule is CCOC(=O)C1=C(CN(C)CCCOc2ccccc2)NC(=O)NC1c1ccco1. The molecule has 2 aromatic rings. The number of hydrogen-bond donors (Lipinski definition) is 2. The van der Waals surface area contributed by atoms with Crippen molar-refractivity contribution < 1.29 is 23.5 Å². The Hall–Kier alpha value is -3.26. The van der Waals surface area contributed by atoms with Crippen molar-refractivity contribution in [2.24, 2.45) is 0 Å². The first-order valence-corrected chi connectivity index (χ1v) is 9.96. The normalized spacial score (nSPS) is 16.2. The first-order chi connectivity index (χ1) is 14.6. The molecule has 30 heavy (non-hydrogen) atoms. The lowest BCUT2D eigenvalue weighted by Crippen LogP contribution is -2.48. The van der Waals surface area contributed by atoms with Gasteiger partial charge in [-0.1, -0.05) is 18.2 Å². The average molecular weight is 413 g/mol. The Morgan fingerprint density at radius 1 is 1.20 bits per heavy atom. The van der Waals surface area contributed by atoms with E-state index in [-0.39, 0.29) is 12.6 Å². The zero-order valence-corrected chi connectivity index (χ0v) is 17.2. The van der Waals surface area contributed by atoms with Crippen molar-refractivity contribution in [3.8, 4) is 5.75 Å². The summed E-state index contributed by atoms with van der Waals surface area (Å²) in [5.74, 6) is 0.825. The van der Waals surface area contributed by atoms with Crippen molar-refractivity contribution in [1.29, 1.82) is 0 Å². The molecular formula is C22H27N3O5. The van der Waals surface area contributed by atoms with Gasteiger partial charge in [0.15, 0.2) is 0 Å². The van der Waals surface area contributed by atoms with Crippen LogP contribution in [0.1, 0.15) is 25.1 Å². The van der Waals surface area contributed by atoms with E-state index in [4.69, 9.17) is 13.9 Å². The van der Waals surface area contributed by atoms with E-state index in [9.17, 15) is 9.59 Å². The van der Waals surface area contributed by atoms with Crippen LogP contribution in [0.15, 0.2) is 64.4 Å². The first-order valence-electron chi connectivity index (χ1n) is 9.96. The van der Waals surface area contributed by atoms with Gasteiger partial charge in [-0.3, -0.25) is 0 Å². The molecule has 1 aromatic carbocycles. The number of nitrogens with zero attached hydrogens (tertiary/aromatic N) is 1. The predicted molar refractivity (Wildman–Crippen MR) is 111 cm³/mol. The van der Waals surface area contributed by atoms with Crippen LogP contribution in [0, 0.1) is 0 Å². The van der Waals surface area contributed by atoms with Gasteiger partial charge in [0.1, 0.15) is 17.6 Å². The number of nitrogens with one attached hydrogen (secondary N) is 2. The minimum Gasteiger partial charge on any atom is -0.494 e. The van der Waals surface area contributed by atoms with Gasteiger partial charge in [0, 0.05) is 18.8 Å². The zero-order chi connectivity index (χ0) is 21.3. The lowest BCUT2D eigenvalue weighted by Gasteiger charge is -2.30. The molecule has 2 heterocycles. The Morgan fingerprint density at radius 2 is 2.00 bits per heavy atom. The molecule has 0 bridgehead atoms. The number of para-hydroxylation sites is 1. The molecule has 1 unspecified atom stereocenters. The fourth-order valence-electron chi connectivity index (χ4n) is 3.25.